The summed E-state index contributed by atoms with van der Waals surface area (Å²) in [5, 5.41) is 6.09. The van der Waals surface area contributed by atoms with Crippen molar-refractivity contribution in [2.75, 3.05) is 55.5 Å². The number of benzene rings is 1. The van der Waals surface area contributed by atoms with Crippen molar-refractivity contribution in [1.29, 1.82) is 0 Å². The molecule has 0 spiro atoms. The van der Waals surface area contributed by atoms with Crippen LogP contribution < -0.4 is 21.1 Å². The van der Waals surface area contributed by atoms with E-state index in [1.54, 1.807) is 12.1 Å². The summed E-state index contributed by atoms with van der Waals surface area (Å²) < 4.78 is 95.1. The molecule has 1 aromatic carbocycles. The van der Waals surface area contributed by atoms with Crippen LogP contribution in [0.15, 0.2) is 46.5 Å². The predicted octanol–water partition coefficient (Wildman–Crippen LogP) is 2.40. The molecule has 2 atom stereocenters. The molecular weight excluding hydrogens is 679 g/mol. The molecule has 1 fully saturated rings. The Morgan fingerprint density at radius 1 is 1.19 bits per heavy atom. The Morgan fingerprint density at radius 3 is 2.56 bits per heavy atom. The minimum atomic E-state index is -4.77. The van der Waals surface area contributed by atoms with Gasteiger partial charge in [0.05, 0.1) is 17.5 Å². The van der Waals surface area contributed by atoms with Crippen LogP contribution in [0.25, 0.3) is 22.4 Å². The summed E-state index contributed by atoms with van der Waals surface area (Å²) in [7, 11) is -4.74. The summed E-state index contributed by atoms with van der Waals surface area (Å²) in [6, 6.07) is 6.13. The molecule has 3 aromatic heterocycles. The summed E-state index contributed by atoms with van der Waals surface area (Å²) in [6.07, 6.45) is -1.25. The third-order valence-corrected chi connectivity index (χ3v) is 11.0. The second-order valence-electron chi connectivity index (χ2n) is 11.7. The first-order valence-corrected chi connectivity index (χ1v) is 18.4. The summed E-state index contributed by atoms with van der Waals surface area (Å²) in [5.41, 5.74) is 0.126. The first kappa shape index (κ1) is 35.2. The van der Waals surface area contributed by atoms with Crippen molar-refractivity contribution in [3.05, 3.63) is 52.8 Å². The van der Waals surface area contributed by atoms with E-state index >= 15 is 4.39 Å². The van der Waals surface area contributed by atoms with Crippen LogP contribution in [-0.4, -0.2) is 104 Å². The average Bonchev–Trinajstić information content (AvgIpc) is 3.37. The predicted molar refractivity (Wildman–Crippen MR) is 177 cm³/mol. The zero-order valence-corrected chi connectivity index (χ0v) is 28.2. The van der Waals surface area contributed by atoms with E-state index in [0.29, 0.717) is 23.3 Å². The summed E-state index contributed by atoms with van der Waals surface area (Å²) in [5.74, 6) is 1.04. The molecule has 1 saturated heterocycles. The topological polar surface area (TPSA) is 147 Å². The molecular formula is C29H35F4N9O4S2. The standard InChI is InChI=1S/C29H35F4N9O4S2/c1-18-14-34-8-9-41(18)23-7-6-20(13-22(23)30)36-28-35-15-19-12-21(26-37-24(16-39(26)2)47(4,44)17-29(31,32)33)27(43)42(25(19)38-28)11-10-40(3)48(5,45)46/h6-7,12-13,15-16,18,34H,4,8-11,14,17H2,1-3,5H3,(H,35,36,38). The Balaban J connectivity index is 1.55. The van der Waals surface area contributed by atoms with Crippen molar-refractivity contribution in [3.8, 4) is 11.4 Å². The SMILES string of the molecule is C=S(=O)(CC(F)(F)F)c1cn(C)c(-c2cc3cnc(Nc4ccc(N5CCNCC5C)c(F)c4)nc3n(CCN(C)S(C)(=O)=O)c2=O)n1. The molecule has 2 N–H and O–H groups in total. The number of anilines is 3. The van der Waals surface area contributed by atoms with Gasteiger partial charge in [-0.1, -0.05) is 0 Å². The molecule has 0 aliphatic carbocycles. The van der Waals surface area contributed by atoms with Crippen LogP contribution in [0.2, 0.25) is 0 Å². The number of sulfonamides is 1. The van der Waals surface area contributed by atoms with Gasteiger partial charge in [0.2, 0.25) is 16.0 Å². The number of nitrogens with one attached hydrogen (secondary N) is 2. The highest BCUT2D eigenvalue weighted by atomic mass is 32.2. The molecule has 1 aliphatic rings. The lowest BCUT2D eigenvalue weighted by Crippen LogP contribution is -2.50. The molecule has 19 heteroatoms. The van der Waals surface area contributed by atoms with E-state index in [0.717, 1.165) is 29.8 Å². The monoisotopic (exact) mass is 713 g/mol. The molecule has 0 radical (unpaired) electrons. The maximum atomic E-state index is 15.2. The van der Waals surface area contributed by atoms with Crippen molar-refractivity contribution >= 4 is 53.8 Å². The van der Waals surface area contributed by atoms with Gasteiger partial charge in [0.1, 0.15) is 28.1 Å². The third kappa shape index (κ3) is 7.63. The van der Waals surface area contributed by atoms with Gasteiger partial charge in [0, 0.05) is 85.9 Å². The quantitative estimate of drug-likeness (QED) is 0.186. The Hall–Kier alpha value is -4.07. The Morgan fingerprint density at radius 2 is 1.92 bits per heavy atom. The number of pyridine rings is 1. The molecule has 5 rings (SSSR count). The highest BCUT2D eigenvalue weighted by molar-refractivity contribution is 8.00. The Labute approximate surface area is 274 Å². The number of likely N-dealkylation sites (N-methyl/N-ethyl adjacent to an activating group) is 1. The third-order valence-electron chi connectivity index (χ3n) is 7.92. The van der Waals surface area contributed by atoms with Gasteiger partial charge in [-0.15, -0.1) is 0 Å². The van der Waals surface area contributed by atoms with Gasteiger partial charge in [0.15, 0.2) is 0 Å². The molecule has 4 aromatic rings. The van der Waals surface area contributed by atoms with Gasteiger partial charge in [-0.2, -0.15) is 18.2 Å². The number of rotatable bonds is 10. The van der Waals surface area contributed by atoms with Gasteiger partial charge >= 0.3 is 6.18 Å². The number of piperazine rings is 1. The lowest BCUT2D eigenvalue weighted by molar-refractivity contribution is -0.105. The average molecular weight is 714 g/mol. The van der Waals surface area contributed by atoms with Gasteiger partial charge in [-0.25, -0.2) is 27.1 Å². The van der Waals surface area contributed by atoms with E-state index < -0.39 is 47.9 Å². The lowest BCUT2D eigenvalue weighted by atomic mass is 10.1. The number of hydrogen-bond donors (Lipinski definition) is 2. The lowest BCUT2D eigenvalue weighted by Gasteiger charge is -2.36. The molecule has 13 nitrogen and oxygen atoms in total. The van der Waals surface area contributed by atoms with E-state index in [1.807, 2.05) is 11.8 Å². The molecule has 48 heavy (non-hydrogen) atoms. The van der Waals surface area contributed by atoms with Crippen molar-refractivity contribution in [1.82, 2.24) is 33.7 Å². The van der Waals surface area contributed by atoms with Crippen molar-refractivity contribution in [3.63, 3.8) is 0 Å². The fraction of sp³-hybridized carbons (Fsp3) is 0.414. The number of halogens is 4. The van der Waals surface area contributed by atoms with Gasteiger partial charge < -0.3 is 20.1 Å². The molecule has 1 aliphatic heterocycles. The number of aryl methyl sites for hydroxylation is 1. The van der Waals surface area contributed by atoms with Crippen LogP contribution in [-0.2, 0) is 33.1 Å². The van der Waals surface area contributed by atoms with Crippen LogP contribution in [0.1, 0.15) is 6.92 Å². The van der Waals surface area contributed by atoms with Crippen molar-refractivity contribution in [2.24, 2.45) is 7.05 Å². The first-order valence-electron chi connectivity index (χ1n) is 14.7. The van der Waals surface area contributed by atoms with Crippen LogP contribution in [0.5, 0.6) is 0 Å². The van der Waals surface area contributed by atoms with Crippen molar-refractivity contribution in [2.45, 2.75) is 30.7 Å². The van der Waals surface area contributed by atoms with Crippen LogP contribution in [0, 0.1) is 5.82 Å². The Bertz CT molecular complexity index is 2130. The normalized spacial score (nSPS) is 17.2. The smallest absolute Gasteiger partial charge is 0.364 e. The molecule has 0 amide bonds. The van der Waals surface area contributed by atoms with E-state index in [4.69, 9.17) is 0 Å². The van der Waals surface area contributed by atoms with Crippen LogP contribution in [0.4, 0.5) is 34.9 Å². The molecule has 2 unspecified atom stereocenters. The van der Waals surface area contributed by atoms with Gasteiger partial charge in [0.25, 0.3) is 5.56 Å². The second kappa shape index (κ2) is 13.1. The zero-order valence-electron chi connectivity index (χ0n) is 26.6. The van der Waals surface area contributed by atoms with Crippen LogP contribution >= 0.6 is 0 Å². The zero-order chi connectivity index (χ0) is 35.2. The highest BCUT2D eigenvalue weighted by Crippen LogP contribution is 2.28. The number of fused-ring (bicyclic) bond motifs is 1. The second-order valence-corrected chi connectivity index (χ2v) is 16.1. The van der Waals surface area contributed by atoms with Gasteiger partial charge in [-0.05, 0) is 37.1 Å². The fourth-order valence-electron chi connectivity index (χ4n) is 5.35. The largest absolute Gasteiger partial charge is 0.400 e. The fourth-order valence-corrected chi connectivity index (χ4v) is 7.04. The van der Waals surface area contributed by atoms with E-state index in [-0.39, 0.29) is 42.1 Å². The summed E-state index contributed by atoms with van der Waals surface area (Å²) in [6.45, 7) is 3.79. The minimum Gasteiger partial charge on any atom is -0.364 e. The van der Waals surface area contributed by atoms with Crippen LogP contribution in [0.3, 0.4) is 0 Å². The minimum absolute atomic E-state index is 0.0192. The maximum Gasteiger partial charge on any atom is 0.400 e. The Kier molecular flexibility index (Phi) is 9.61. The molecule has 0 bridgehead atoms. The van der Waals surface area contributed by atoms with E-state index in [1.165, 1.54) is 41.6 Å². The molecule has 0 saturated carbocycles. The number of hydrogen-bond acceptors (Lipinski definition) is 10. The summed E-state index contributed by atoms with van der Waals surface area (Å²) in [4.78, 5) is 28.8. The highest BCUT2D eigenvalue weighted by Gasteiger charge is 2.34. The maximum absolute atomic E-state index is 15.2. The number of imidazole rings is 1. The summed E-state index contributed by atoms with van der Waals surface area (Å²) >= 11 is 0. The number of nitrogens with zero attached hydrogens (tertiary/aromatic N) is 7. The molecule has 260 valence electrons. The molecule has 4 heterocycles. The van der Waals surface area contributed by atoms with Crippen molar-refractivity contribution < 1.29 is 30.2 Å². The number of aromatic nitrogens is 5. The van der Waals surface area contributed by atoms with Gasteiger partial charge in [-0.3, -0.25) is 13.6 Å². The first-order chi connectivity index (χ1) is 22.3. The van der Waals surface area contributed by atoms with E-state index in [9.17, 15) is 30.6 Å². The number of alkyl halides is 3. The van der Waals surface area contributed by atoms with E-state index in [2.05, 4.69) is 31.5 Å².